The van der Waals surface area contributed by atoms with Crippen molar-refractivity contribution in [3.8, 4) is 0 Å². The summed E-state index contributed by atoms with van der Waals surface area (Å²) in [7, 11) is 1.89. The highest BCUT2D eigenvalue weighted by Gasteiger charge is 2.17. The van der Waals surface area contributed by atoms with E-state index in [9.17, 15) is 5.11 Å². The van der Waals surface area contributed by atoms with Crippen LogP contribution in [0.3, 0.4) is 0 Å². The van der Waals surface area contributed by atoms with Crippen molar-refractivity contribution < 1.29 is 5.11 Å². The molecule has 4 heteroatoms. The molecule has 0 aliphatic rings. The van der Waals surface area contributed by atoms with Crippen LogP contribution in [0.2, 0.25) is 0 Å². The fourth-order valence-corrected chi connectivity index (χ4v) is 2.44. The van der Waals surface area contributed by atoms with Gasteiger partial charge in [0.25, 0.3) is 0 Å². The summed E-state index contributed by atoms with van der Waals surface area (Å²) in [4.78, 5) is 2.28. The van der Waals surface area contributed by atoms with E-state index in [0.29, 0.717) is 0 Å². The van der Waals surface area contributed by atoms with E-state index in [2.05, 4.69) is 18.3 Å². The predicted octanol–water partition coefficient (Wildman–Crippen LogP) is 1.28. The van der Waals surface area contributed by atoms with Crippen LogP contribution in [0, 0.1) is 0 Å². The van der Waals surface area contributed by atoms with Crippen molar-refractivity contribution in [2.45, 2.75) is 31.9 Å². The highest BCUT2D eigenvalue weighted by molar-refractivity contribution is 7.12. The van der Waals surface area contributed by atoms with Crippen molar-refractivity contribution in [3.63, 3.8) is 0 Å². The molecule has 15 heavy (non-hydrogen) atoms. The average Bonchev–Trinajstić information content (AvgIpc) is 2.73. The van der Waals surface area contributed by atoms with Crippen LogP contribution < -0.4 is 11.1 Å². The van der Waals surface area contributed by atoms with Crippen LogP contribution in [0.1, 0.15) is 29.2 Å². The van der Waals surface area contributed by atoms with Gasteiger partial charge in [-0.1, -0.05) is 6.92 Å². The monoisotopic (exact) mass is 228 g/mol. The second-order valence-corrected chi connectivity index (χ2v) is 4.86. The van der Waals surface area contributed by atoms with Crippen LogP contribution in [0.15, 0.2) is 12.1 Å². The fraction of sp³-hybridized carbons (Fsp3) is 0.636. The molecule has 4 N–H and O–H groups in total. The van der Waals surface area contributed by atoms with Gasteiger partial charge in [-0.25, -0.2) is 0 Å². The van der Waals surface area contributed by atoms with Gasteiger partial charge < -0.3 is 16.2 Å². The zero-order chi connectivity index (χ0) is 11.3. The van der Waals surface area contributed by atoms with E-state index in [0.717, 1.165) is 24.3 Å². The van der Waals surface area contributed by atoms with Crippen molar-refractivity contribution in [1.29, 1.82) is 0 Å². The first-order valence-electron chi connectivity index (χ1n) is 5.35. The molecule has 1 rings (SSSR count). The SMILES string of the molecule is CCc1ccc(C(O)C(N)CCNC)s1. The number of thiophene rings is 1. The second-order valence-electron chi connectivity index (χ2n) is 3.66. The lowest BCUT2D eigenvalue weighted by atomic mass is 10.1. The molecule has 0 aromatic carbocycles. The van der Waals surface area contributed by atoms with E-state index in [1.807, 2.05) is 13.1 Å². The molecule has 2 atom stereocenters. The van der Waals surface area contributed by atoms with Gasteiger partial charge in [0.15, 0.2) is 0 Å². The molecular formula is C11H20N2OS. The Morgan fingerprint density at radius 1 is 1.53 bits per heavy atom. The quantitative estimate of drug-likeness (QED) is 0.687. The number of nitrogens with two attached hydrogens (primary N) is 1. The van der Waals surface area contributed by atoms with Gasteiger partial charge in [0, 0.05) is 15.8 Å². The zero-order valence-electron chi connectivity index (χ0n) is 9.36. The molecule has 0 amide bonds. The lowest BCUT2D eigenvalue weighted by Gasteiger charge is -2.17. The summed E-state index contributed by atoms with van der Waals surface area (Å²) in [6.07, 6.45) is 1.28. The number of nitrogens with one attached hydrogen (secondary N) is 1. The maximum absolute atomic E-state index is 9.98. The fourth-order valence-electron chi connectivity index (χ4n) is 1.42. The van der Waals surface area contributed by atoms with Crippen molar-refractivity contribution in [2.75, 3.05) is 13.6 Å². The molecule has 3 nitrogen and oxygen atoms in total. The summed E-state index contributed by atoms with van der Waals surface area (Å²) in [6.45, 7) is 2.95. The molecule has 86 valence electrons. The van der Waals surface area contributed by atoms with Crippen molar-refractivity contribution >= 4 is 11.3 Å². The molecule has 2 unspecified atom stereocenters. The van der Waals surface area contributed by atoms with Crippen molar-refractivity contribution in [1.82, 2.24) is 5.32 Å². The van der Waals surface area contributed by atoms with E-state index < -0.39 is 6.10 Å². The van der Waals surface area contributed by atoms with E-state index in [-0.39, 0.29) is 6.04 Å². The van der Waals surface area contributed by atoms with Crippen LogP contribution in [0.25, 0.3) is 0 Å². The van der Waals surface area contributed by atoms with Gasteiger partial charge in [-0.2, -0.15) is 0 Å². The van der Waals surface area contributed by atoms with Crippen LogP contribution in [-0.4, -0.2) is 24.7 Å². The Kier molecular flexibility index (Phi) is 5.25. The molecule has 0 saturated carbocycles. The number of aliphatic hydroxyl groups excluding tert-OH is 1. The highest BCUT2D eigenvalue weighted by Crippen LogP contribution is 2.26. The van der Waals surface area contributed by atoms with Gasteiger partial charge in [0.2, 0.25) is 0 Å². The molecule has 0 fully saturated rings. The number of aliphatic hydroxyl groups is 1. The summed E-state index contributed by atoms with van der Waals surface area (Å²) in [5.41, 5.74) is 5.90. The molecule has 0 saturated heterocycles. The lowest BCUT2D eigenvalue weighted by molar-refractivity contribution is 0.146. The third-order valence-electron chi connectivity index (χ3n) is 2.46. The Bertz CT molecular complexity index is 288. The number of hydrogen-bond donors (Lipinski definition) is 3. The Morgan fingerprint density at radius 2 is 2.27 bits per heavy atom. The van der Waals surface area contributed by atoms with Crippen molar-refractivity contribution in [2.24, 2.45) is 5.73 Å². The van der Waals surface area contributed by atoms with E-state index in [1.165, 1.54) is 4.88 Å². The van der Waals surface area contributed by atoms with Gasteiger partial charge in [0.05, 0.1) is 0 Å². The number of aryl methyl sites for hydroxylation is 1. The topological polar surface area (TPSA) is 58.3 Å². The molecule has 0 bridgehead atoms. The van der Waals surface area contributed by atoms with Gasteiger partial charge >= 0.3 is 0 Å². The molecule has 1 aromatic heterocycles. The summed E-state index contributed by atoms with van der Waals surface area (Å²) in [6, 6.07) is 3.86. The van der Waals surface area contributed by atoms with E-state index in [1.54, 1.807) is 11.3 Å². The van der Waals surface area contributed by atoms with Gasteiger partial charge in [-0.05, 0) is 38.6 Å². The van der Waals surface area contributed by atoms with Crippen LogP contribution in [0.5, 0.6) is 0 Å². The van der Waals surface area contributed by atoms with Gasteiger partial charge in [-0.3, -0.25) is 0 Å². The Morgan fingerprint density at radius 3 is 2.80 bits per heavy atom. The first-order chi connectivity index (χ1) is 7.19. The molecule has 1 heterocycles. The molecule has 0 aliphatic carbocycles. The smallest absolute Gasteiger partial charge is 0.103 e. The Labute approximate surface area is 95.3 Å². The summed E-state index contributed by atoms with van der Waals surface area (Å²) < 4.78 is 0. The standard InChI is InChI=1S/C11H20N2OS/c1-3-8-4-5-10(15-8)11(14)9(12)6-7-13-2/h4-5,9,11,13-14H,3,6-7,12H2,1-2H3. The predicted molar refractivity (Wildman–Crippen MR) is 65.2 cm³/mol. The number of hydrogen-bond acceptors (Lipinski definition) is 4. The van der Waals surface area contributed by atoms with Crippen LogP contribution in [0.4, 0.5) is 0 Å². The third kappa shape index (κ3) is 3.57. The second kappa shape index (κ2) is 6.23. The Balaban J connectivity index is 2.54. The molecular weight excluding hydrogens is 208 g/mol. The van der Waals surface area contributed by atoms with Crippen LogP contribution >= 0.6 is 11.3 Å². The Hall–Kier alpha value is -0.420. The van der Waals surface area contributed by atoms with Crippen LogP contribution in [-0.2, 0) is 6.42 Å². The summed E-state index contributed by atoms with van der Waals surface area (Å²) in [5.74, 6) is 0. The minimum absolute atomic E-state index is 0.180. The minimum atomic E-state index is -0.524. The van der Waals surface area contributed by atoms with Crippen molar-refractivity contribution in [3.05, 3.63) is 21.9 Å². The molecule has 0 aliphatic heterocycles. The zero-order valence-corrected chi connectivity index (χ0v) is 10.2. The molecule has 0 radical (unpaired) electrons. The average molecular weight is 228 g/mol. The first-order valence-corrected chi connectivity index (χ1v) is 6.17. The molecule has 0 spiro atoms. The van der Waals surface area contributed by atoms with Gasteiger partial charge in [-0.15, -0.1) is 11.3 Å². The first kappa shape index (κ1) is 12.6. The minimum Gasteiger partial charge on any atom is -0.386 e. The maximum atomic E-state index is 9.98. The lowest BCUT2D eigenvalue weighted by Crippen LogP contribution is -2.31. The van der Waals surface area contributed by atoms with Gasteiger partial charge in [0.1, 0.15) is 6.10 Å². The third-order valence-corrected chi connectivity index (χ3v) is 3.76. The molecule has 1 aromatic rings. The largest absolute Gasteiger partial charge is 0.386 e. The van der Waals surface area contributed by atoms with E-state index in [4.69, 9.17) is 5.73 Å². The highest BCUT2D eigenvalue weighted by atomic mass is 32.1. The number of rotatable bonds is 6. The van der Waals surface area contributed by atoms with E-state index >= 15 is 0 Å². The maximum Gasteiger partial charge on any atom is 0.103 e. The summed E-state index contributed by atoms with van der Waals surface area (Å²) in [5, 5.41) is 13.0. The normalized spacial score (nSPS) is 15.2. The summed E-state index contributed by atoms with van der Waals surface area (Å²) >= 11 is 1.65.